The van der Waals surface area contributed by atoms with E-state index >= 15 is 0 Å². The Labute approximate surface area is 140 Å². The molecule has 0 saturated carbocycles. The first-order valence-corrected chi connectivity index (χ1v) is 9.54. The Morgan fingerprint density at radius 2 is 1.96 bits per heavy atom. The Hall–Kier alpha value is -1.18. The summed E-state index contributed by atoms with van der Waals surface area (Å²) in [5.41, 5.74) is 1.02. The predicted molar refractivity (Wildman–Crippen MR) is 93.8 cm³/mol. The molecule has 2 rings (SSSR count). The summed E-state index contributed by atoms with van der Waals surface area (Å²) in [7, 11) is 3.81. The lowest BCUT2D eigenvalue weighted by molar-refractivity contribution is 0.229. The summed E-state index contributed by atoms with van der Waals surface area (Å²) < 4.78 is 27.9. The molecule has 0 bridgehead atoms. The Morgan fingerprint density at radius 3 is 2.61 bits per heavy atom. The number of piperidine rings is 1. The van der Waals surface area contributed by atoms with Gasteiger partial charge in [0.2, 0.25) is 0 Å². The molecule has 0 N–H and O–H groups in total. The third-order valence-corrected chi connectivity index (χ3v) is 6.31. The molecule has 0 aliphatic carbocycles. The largest absolute Gasteiger partial charge is 0.363 e. The van der Waals surface area contributed by atoms with Crippen molar-refractivity contribution in [3.05, 3.63) is 23.9 Å². The van der Waals surface area contributed by atoms with Crippen LogP contribution < -0.4 is 4.90 Å². The van der Waals surface area contributed by atoms with Gasteiger partial charge in [0.15, 0.2) is 0 Å². The van der Waals surface area contributed by atoms with E-state index in [2.05, 4.69) is 4.98 Å². The van der Waals surface area contributed by atoms with Crippen LogP contribution in [0.2, 0.25) is 0 Å². The predicted octanol–water partition coefficient (Wildman–Crippen LogP) is 1.74. The van der Waals surface area contributed by atoms with Crippen molar-refractivity contribution in [2.24, 2.45) is 0 Å². The van der Waals surface area contributed by atoms with Crippen molar-refractivity contribution in [3.8, 4) is 0 Å². The van der Waals surface area contributed by atoms with Gasteiger partial charge in [0.05, 0.1) is 0 Å². The summed E-state index contributed by atoms with van der Waals surface area (Å²) in [6, 6.07) is 6.07. The summed E-state index contributed by atoms with van der Waals surface area (Å²) in [6.45, 7) is 0.621. The lowest BCUT2D eigenvalue weighted by Gasteiger charge is -2.36. The SMILES string of the molecule is CN(C)c1cccc(CC[C@@H]2CCCCN2S(=O)(=O)N(C)C)n1. The summed E-state index contributed by atoms with van der Waals surface area (Å²) >= 11 is 0. The average Bonchev–Trinajstić information content (AvgIpc) is 2.53. The molecule has 130 valence electrons. The molecule has 1 atom stereocenters. The van der Waals surface area contributed by atoms with E-state index in [0.29, 0.717) is 6.54 Å². The molecule has 1 saturated heterocycles. The van der Waals surface area contributed by atoms with Crippen LogP contribution >= 0.6 is 0 Å². The molecule has 1 aliphatic rings. The highest BCUT2D eigenvalue weighted by atomic mass is 32.2. The summed E-state index contributed by atoms with van der Waals surface area (Å²) in [6.07, 6.45) is 4.58. The van der Waals surface area contributed by atoms with Gasteiger partial charge >= 0.3 is 0 Å². The van der Waals surface area contributed by atoms with Crippen molar-refractivity contribution in [2.45, 2.75) is 38.1 Å². The maximum atomic E-state index is 12.5. The van der Waals surface area contributed by atoms with Gasteiger partial charge in [0.25, 0.3) is 10.2 Å². The number of aryl methyl sites for hydroxylation is 1. The molecule has 1 fully saturated rings. The minimum absolute atomic E-state index is 0.0703. The normalized spacial score (nSPS) is 20.0. The molecular formula is C16H28N4O2S. The van der Waals surface area contributed by atoms with Crippen LogP contribution in [0.1, 0.15) is 31.4 Å². The number of nitrogens with zero attached hydrogens (tertiary/aromatic N) is 4. The quantitative estimate of drug-likeness (QED) is 0.791. The molecule has 6 nitrogen and oxygen atoms in total. The van der Waals surface area contributed by atoms with Gasteiger partial charge in [-0.2, -0.15) is 17.0 Å². The summed E-state index contributed by atoms with van der Waals surface area (Å²) in [5.74, 6) is 0.934. The van der Waals surface area contributed by atoms with E-state index in [1.54, 1.807) is 18.4 Å². The van der Waals surface area contributed by atoms with Crippen LogP contribution in [0.5, 0.6) is 0 Å². The Morgan fingerprint density at radius 1 is 1.22 bits per heavy atom. The molecule has 0 amide bonds. The third kappa shape index (κ3) is 4.43. The average molecular weight is 340 g/mol. The number of hydrogen-bond donors (Lipinski definition) is 0. The maximum absolute atomic E-state index is 12.5. The number of hydrogen-bond acceptors (Lipinski definition) is 4. The lowest BCUT2D eigenvalue weighted by atomic mass is 9.99. The van der Waals surface area contributed by atoms with E-state index in [1.165, 1.54) is 4.31 Å². The highest BCUT2D eigenvalue weighted by Crippen LogP contribution is 2.25. The Bertz CT molecular complexity index is 616. The van der Waals surface area contributed by atoms with Crippen LogP contribution in [0.3, 0.4) is 0 Å². The molecule has 0 radical (unpaired) electrons. The highest BCUT2D eigenvalue weighted by Gasteiger charge is 2.33. The lowest BCUT2D eigenvalue weighted by Crippen LogP contribution is -2.48. The topological polar surface area (TPSA) is 56.8 Å². The minimum atomic E-state index is -3.34. The molecule has 1 aromatic heterocycles. The fourth-order valence-electron chi connectivity index (χ4n) is 2.95. The fourth-order valence-corrected chi connectivity index (χ4v) is 4.31. The maximum Gasteiger partial charge on any atom is 0.281 e. The zero-order valence-corrected chi connectivity index (χ0v) is 15.4. The molecule has 1 aromatic rings. The molecular weight excluding hydrogens is 312 g/mol. The van der Waals surface area contributed by atoms with Gasteiger partial charge in [-0.1, -0.05) is 12.5 Å². The van der Waals surface area contributed by atoms with Gasteiger partial charge in [-0.05, 0) is 37.8 Å². The number of pyridine rings is 1. The molecule has 0 spiro atoms. The molecule has 1 aliphatic heterocycles. The van der Waals surface area contributed by atoms with Crippen molar-refractivity contribution in [1.82, 2.24) is 13.6 Å². The van der Waals surface area contributed by atoms with E-state index in [0.717, 1.165) is 43.6 Å². The third-order valence-electron chi connectivity index (χ3n) is 4.31. The zero-order valence-electron chi connectivity index (χ0n) is 14.6. The first-order valence-electron chi connectivity index (χ1n) is 8.15. The smallest absolute Gasteiger partial charge is 0.281 e. The second-order valence-corrected chi connectivity index (χ2v) is 8.57. The molecule has 7 heteroatoms. The van der Waals surface area contributed by atoms with Gasteiger partial charge in [-0.15, -0.1) is 0 Å². The van der Waals surface area contributed by atoms with E-state index in [9.17, 15) is 8.42 Å². The minimum Gasteiger partial charge on any atom is -0.363 e. The molecule has 0 unspecified atom stereocenters. The van der Waals surface area contributed by atoms with Crippen LogP contribution in [0.4, 0.5) is 5.82 Å². The van der Waals surface area contributed by atoms with Gasteiger partial charge in [-0.3, -0.25) is 0 Å². The summed E-state index contributed by atoms with van der Waals surface area (Å²) in [4.78, 5) is 6.61. The van der Waals surface area contributed by atoms with E-state index in [1.807, 2.05) is 37.2 Å². The van der Waals surface area contributed by atoms with Gasteiger partial charge in [-0.25, -0.2) is 4.98 Å². The standard InChI is InChI=1S/C16H28N4O2S/c1-18(2)16-10-7-8-14(17-16)11-12-15-9-5-6-13-20(15)23(21,22)19(3)4/h7-8,10,15H,5-6,9,11-13H2,1-4H3/t15-/m0/s1. The van der Waals surface area contributed by atoms with Crippen LogP contribution in [-0.4, -0.2) is 62.8 Å². The molecule has 2 heterocycles. The second-order valence-electron chi connectivity index (χ2n) is 6.47. The first-order chi connectivity index (χ1) is 10.8. The fraction of sp³-hybridized carbons (Fsp3) is 0.688. The van der Waals surface area contributed by atoms with E-state index in [-0.39, 0.29) is 6.04 Å². The van der Waals surface area contributed by atoms with Crippen molar-refractivity contribution in [3.63, 3.8) is 0 Å². The molecule has 23 heavy (non-hydrogen) atoms. The zero-order chi connectivity index (χ0) is 17.0. The monoisotopic (exact) mass is 340 g/mol. The molecule has 0 aromatic carbocycles. The Kier molecular flexibility index (Phi) is 6.00. The van der Waals surface area contributed by atoms with Gasteiger partial charge in [0, 0.05) is 46.5 Å². The van der Waals surface area contributed by atoms with Crippen LogP contribution in [-0.2, 0) is 16.6 Å². The van der Waals surface area contributed by atoms with Crippen molar-refractivity contribution in [2.75, 3.05) is 39.6 Å². The van der Waals surface area contributed by atoms with Crippen LogP contribution in [0.15, 0.2) is 18.2 Å². The van der Waals surface area contributed by atoms with Crippen LogP contribution in [0, 0.1) is 0 Å². The van der Waals surface area contributed by atoms with Gasteiger partial charge < -0.3 is 4.90 Å². The van der Waals surface area contributed by atoms with Crippen molar-refractivity contribution in [1.29, 1.82) is 0 Å². The highest BCUT2D eigenvalue weighted by molar-refractivity contribution is 7.86. The number of aromatic nitrogens is 1. The Balaban J connectivity index is 2.07. The van der Waals surface area contributed by atoms with Crippen molar-refractivity contribution >= 4 is 16.0 Å². The van der Waals surface area contributed by atoms with Crippen LogP contribution in [0.25, 0.3) is 0 Å². The van der Waals surface area contributed by atoms with E-state index in [4.69, 9.17) is 0 Å². The van der Waals surface area contributed by atoms with Gasteiger partial charge in [0.1, 0.15) is 5.82 Å². The second kappa shape index (κ2) is 7.59. The number of anilines is 1. The number of rotatable bonds is 6. The van der Waals surface area contributed by atoms with E-state index < -0.39 is 10.2 Å². The summed E-state index contributed by atoms with van der Waals surface area (Å²) in [5, 5.41) is 0. The first kappa shape index (κ1) is 18.2. The van der Waals surface area contributed by atoms with Crippen molar-refractivity contribution < 1.29 is 8.42 Å².